The van der Waals surface area contributed by atoms with Gasteiger partial charge in [-0.3, -0.25) is 4.79 Å². The van der Waals surface area contributed by atoms with Gasteiger partial charge in [-0.25, -0.2) is 8.42 Å². The number of esters is 1. The molecule has 1 aliphatic rings. The Kier molecular flexibility index (Phi) is 6.42. The van der Waals surface area contributed by atoms with Gasteiger partial charge in [0.05, 0.1) is 31.1 Å². The molecule has 7 heteroatoms. The first kappa shape index (κ1) is 17.4. The van der Waals surface area contributed by atoms with Crippen molar-refractivity contribution in [1.82, 2.24) is 0 Å². The quantitative estimate of drug-likeness (QED) is 0.590. The number of hydrogen-bond acceptors (Lipinski definition) is 6. The lowest BCUT2D eigenvalue weighted by Crippen LogP contribution is -2.29. The normalized spacial score (nSPS) is 18.6. The van der Waals surface area contributed by atoms with Crippen LogP contribution in [0.5, 0.6) is 0 Å². The molecule has 1 atom stereocenters. The van der Waals surface area contributed by atoms with E-state index in [2.05, 4.69) is 4.74 Å². The molecule has 20 heavy (non-hydrogen) atoms. The summed E-state index contributed by atoms with van der Waals surface area (Å²) in [5.41, 5.74) is 5.14. The van der Waals surface area contributed by atoms with Crippen molar-refractivity contribution < 1.29 is 22.7 Å². The maximum Gasteiger partial charge on any atom is 0.306 e. The lowest BCUT2D eigenvalue weighted by atomic mass is 10.1. The number of ether oxygens (including phenoxy) is 2. The van der Waals surface area contributed by atoms with Crippen molar-refractivity contribution in [3.8, 4) is 0 Å². The van der Waals surface area contributed by atoms with Gasteiger partial charge in [-0.1, -0.05) is 0 Å². The van der Waals surface area contributed by atoms with E-state index >= 15 is 0 Å². The van der Waals surface area contributed by atoms with Crippen LogP contribution in [0.15, 0.2) is 0 Å². The Labute approximate surface area is 120 Å². The SMILES string of the molecule is CCOC(CN)CCS(=O)(=O)CC1(CC(=O)OC)CC1. The van der Waals surface area contributed by atoms with Crippen LogP contribution in [0.4, 0.5) is 0 Å². The van der Waals surface area contributed by atoms with Gasteiger partial charge >= 0.3 is 5.97 Å². The van der Waals surface area contributed by atoms with Crippen LogP contribution in [0.1, 0.15) is 32.6 Å². The Hall–Kier alpha value is -0.660. The molecule has 6 nitrogen and oxygen atoms in total. The molecule has 0 aromatic carbocycles. The third kappa shape index (κ3) is 5.76. The van der Waals surface area contributed by atoms with Crippen molar-refractivity contribution in [2.24, 2.45) is 11.1 Å². The first-order valence-corrected chi connectivity index (χ1v) is 8.77. The van der Waals surface area contributed by atoms with Gasteiger partial charge in [0.15, 0.2) is 9.84 Å². The van der Waals surface area contributed by atoms with Gasteiger partial charge in [0.2, 0.25) is 0 Å². The summed E-state index contributed by atoms with van der Waals surface area (Å²) in [6.45, 7) is 2.69. The topological polar surface area (TPSA) is 95.7 Å². The van der Waals surface area contributed by atoms with Crippen LogP contribution in [0.25, 0.3) is 0 Å². The number of methoxy groups -OCH3 is 1. The van der Waals surface area contributed by atoms with Crippen LogP contribution >= 0.6 is 0 Å². The zero-order chi connectivity index (χ0) is 15.2. The van der Waals surface area contributed by atoms with Crippen molar-refractivity contribution in [1.29, 1.82) is 0 Å². The van der Waals surface area contributed by atoms with Crippen molar-refractivity contribution >= 4 is 15.8 Å². The molecule has 0 aliphatic heterocycles. The standard InChI is InChI=1S/C13H25NO5S/c1-3-19-11(9-14)4-7-20(16,17)10-13(5-6-13)8-12(15)18-2/h11H,3-10,14H2,1-2H3. The molecule has 0 aromatic heterocycles. The zero-order valence-electron chi connectivity index (χ0n) is 12.3. The fourth-order valence-corrected chi connectivity index (χ4v) is 4.37. The molecule has 0 saturated heterocycles. The number of carbonyl (C=O) groups is 1. The monoisotopic (exact) mass is 307 g/mol. The van der Waals surface area contributed by atoms with E-state index in [-0.39, 0.29) is 30.0 Å². The highest BCUT2D eigenvalue weighted by Crippen LogP contribution is 2.50. The lowest BCUT2D eigenvalue weighted by molar-refractivity contribution is -0.141. The second-order valence-corrected chi connectivity index (χ2v) is 7.63. The molecule has 0 amide bonds. The molecule has 0 radical (unpaired) electrons. The van der Waals surface area contributed by atoms with Gasteiger partial charge in [0.25, 0.3) is 0 Å². The van der Waals surface area contributed by atoms with Crippen LogP contribution in [0.2, 0.25) is 0 Å². The molecule has 1 saturated carbocycles. The minimum absolute atomic E-state index is 0.0534. The van der Waals surface area contributed by atoms with Crippen molar-refractivity contribution in [3.63, 3.8) is 0 Å². The zero-order valence-corrected chi connectivity index (χ0v) is 13.1. The highest BCUT2D eigenvalue weighted by atomic mass is 32.2. The number of hydrogen-bond donors (Lipinski definition) is 1. The Balaban J connectivity index is 2.47. The van der Waals surface area contributed by atoms with Crippen molar-refractivity contribution in [2.75, 3.05) is 31.8 Å². The fourth-order valence-electron chi connectivity index (χ4n) is 2.28. The molecule has 1 fully saturated rings. The van der Waals surface area contributed by atoms with E-state index in [1.165, 1.54) is 7.11 Å². The number of nitrogens with two attached hydrogens (primary N) is 1. The van der Waals surface area contributed by atoms with Crippen LogP contribution in [-0.4, -0.2) is 52.3 Å². The summed E-state index contributed by atoms with van der Waals surface area (Å²) in [6, 6.07) is 0. The average molecular weight is 307 g/mol. The molecule has 1 aliphatic carbocycles. The molecule has 0 spiro atoms. The first-order chi connectivity index (χ1) is 9.36. The summed E-state index contributed by atoms with van der Waals surface area (Å²) in [4.78, 5) is 11.3. The van der Waals surface area contributed by atoms with Crippen molar-refractivity contribution in [3.05, 3.63) is 0 Å². The highest BCUT2D eigenvalue weighted by molar-refractivity contribution is 7.91. The highest BCUT2D eigenvalue weighted by Gasteiger charge is 2.47. The molecule has 0 bridgehead atoms. The van der Waals surface area contributed by atoms with E-state index in [1.807, 2.05) is 6.92 Å². The van der Waals surface area contributed by atoms with Gasteiger partial charge in [-0.15, -0.1) is 0 Å². The lowest BCUT2D eigenvalue weighted by Gasteiger charge is -2.17. The van der Waals surface area contributed by atoms with Crippen LogP contribution in [0.3, 0.4) is 0 Å². The predicted octanol–water partition coefficient (Wildman–Crippen LogP) is 0.498. The summed E-state index contributed by atoms with van der Waals surface area (Å²) in [7, 11) is -1.88. The van der Waals surface area contributed by atoms with Gasteiger partial charge < -0.3 is 15.2 Å². The third-order valence-corrected chi connectivity index (χ3v) is 5.56. The van der Waals surface area contributed by atoms with Gasteiger partial charge in [-0.2, -0.15) is 0 Å². The minimum Gasteiger partial charge on any atom is -0.469 e. The van der Waals surface area contributed by atoms with E-state index in [0.29, 0.717) is 19.6 Å². The molecule has 118 valence electrons. The van der Waals surface area contributed by atoms with E-state index < -0.39 is 15.3 Å². The average Bonchev–Trinajstić information content (AvgIpc) is 3.12. The number of rotatable bonds is 10. The maximum absolute atomic E-state index is 12.1. The summed E-state index contributed by atoms with van der Waals surface area (Å²) in [5, 5.41) is 0. The largest absolute Gasteiger partial charge is 0.469 e. The predicted molar refractivity (Wildman–Crippen MR) is 76.0 cm³/mol. The Bertz CT molecular complexity index is 416. The summed E-state index contributed by atoms with van der Waals surface area (Å²) < 4.78 is 34.2. The number of carbonyl (C=O) groups excluding carboxylic acids is 1. The van der Waals surface area contributed by atoms with Gasteiger partial charge in [0.1, 0.15) is 0 Å². The molecule has 1 rings (SSSR count). The summed E-state index contributed by atoms with van der Waals surface area (Å²) in [5.74, 6) is -0.233. The van der Waals surface area contributed by atoms with E-state index in [0.717, 1.165) is 12.8 Å². The molecule has 0 aromatic rings. The third-order valence-electron chi connectivity index (χ3n) is 3.65. The first-order valence-electron chi connectivity index (χ1n) is 6.95. The Morgan fingerprint density at radius 1 is 1.40 bits per heavy atom. The Morgan fingerprint density at radius 3 is 2.50 bits per heavy atom. The summed E-state index contributed by atoms with van der Waals surface area (Å²) in [6.07, 6.45) is 1.92. The molecule has 0 heterocycles. The van der Waals surface area contributed by atoms with Gasteiger partial charge in [0, 0.05) is 13.2 Å². The van der Waals surface area contributed by atoms with Crippen LogP contribution < -0.4 is 5.73 Å². The Morgan fingerprint density at radius 2 is 2.05 bits per heavy atom. The van der Waals surface area contributed by atoms with Crippen LogP contribution in [-0.2, 0) is 24.1 Å². The van der Waals surface area contributed by atoms with Crippen LogP contribution in [0, 0.1) is 5.41 Å². The second-order valence-electron chi connectivity index (χ2n) is 5.45. The van der Waals surface area contributed by atoms with E-state index in [9.17, 15) is 13.2 Å². The molecular weight excluding hydrogens is 282 g/mol. The number of sulfone groups is 1. The van der Waals surface area contributed by atoms with Gasteiger partial charge in [-0.05, 0) is 31.6 Å². The summed E-state index contributed by atoms with van der Waals surface area (Å²) >= 11 is 0. The van der Waals surface area contributed by atoms with E-state index in [4.69, 9.17) is 10.5 Å². The second kappa shape index (κ2) is 7.38. The minimum atomic E-state index is -3.20. The molecule has 1 unspecified atom stereocenters. The molecular formula is C13H25NO5S. The fraction of sp³-hybridized carbons (Fsp3) is 0.923. The molecule has 2 N–H and O–H groups in total. The van der Waals surface area contributed by atoms with E-state index in [1.54, 1.807) is 0 Å². The maximum atomic E-state index is 12.1. The smallest absolute Gasteiger partial charge is 0.306 e. The van der Waals surface area contributed by atoms with Crippen molar-refractivity contribution in [2.45, 2.75) is 38.7 Å².